The molecule has 0 amide bonds. The molecular weight excluding hydrogens is 365 g/mol. The predicted molar refractivity (Wildman–Crippen MR) is 80.3 cm³/mol. The number of nitrogens with zero attached hydrogens (tertiary/aromatic N) is 1. The quantitative estimate of drug-likeness (QED) is 0.852. The van der Waals surface area contributed by atoms with Crippen molar-refractivity contribution < 1.29 is 13.2 Å². The van der Waals surface area contributed by atoms with E-state index in [0.29, 0.717) is 28.0 Å². The average Bonchev–Trinajstić information content (AvgIpc) is 2.42. The van der Waals surface area contributed by atoms with Crippen LogP contribution < -0.4 is 5.73 Å². The maximum absolute atomic E-state index is 13.2. The first kappa shape index (κ1) is 16.3. The van der Waals surface area contributed by atoms with E-state index in [9.17, 15) is 13.2 Å². The first-order chi connectivity index (χ1) is 9.91. The van der Waals surface area contributed by atoms with Gasteiger partial charge in [0.25, 0.3) is 0 Å². The third-order valence-corrected chi connectivity index (χ3v) is 4.71. The second-order valence-corrected chi connectivity index (χ2v) is 6.14. The topological polar surface area (TPSA) is 38.9 Å². The van der Waals surface area contributed by atoms with E-state index in [2.05, 4.69) is 20.9 Å². The molecule has 112 valence electrons. The summed E-state index contributed by atoms with van der Waals surface area (Å²) in [6, 6.07) is 7.75. The highest BCUT2D eigenvalue weighted by molar-refractivity contribution is 9.10. The lowest BCUT2D eigenvalue weighted by molar-refractivity contribution is -0.139. The molecule has 2 nitrogen and oxygen atoms in total. The second-order valence-electron chi connectivity index (χ2n) is 4.26. The summed E-state index contributed by atoms with van der Waals surface area (Å²) in [5.74, 6) is 0. The lowest BCUT2D eigenvalue weighted by Crippen LogP contribution is -2.09. The van der Waals surface area contributed by atoms with E-state index >= 15 is 0 Å². The van der Waals surface area contributed by atoms with Crippen LogP contribution in [0.1, 0.15) is 11.1 Å². The first-order valence-corrected chi connectivity index (χ1v) is 7.71. The normalized spacial score (nSPS) is 11.7. The maximum Gasteiger partial charge on any atom is 0.417 e. The number of alkyl halides is 3. The molecule has 2 rings (SSSR count). The van der Waals surface area contributed by atoms with Gasteiger partial charge in [0.15, 0.2) is 0 Å². The van der Waals surface area contributed by atoms with Crippen LogP contribution in [0.2, 0.25) is 0 Å². The summed E-state index contributed by atoms with van der Waals surface area (Å²) in [4.78, 5) is 4.21. The molecule has 1 aromatic heterocycles. The van der Waals surface area contributed by atoms with Gasteiger partial charge in [-0.2, -0.15) is 13.2 Å². The highest BCUT2D eigenvalue weighted by Crippen LogP contribution is 2.41. The molecule has 0 aliphatic carbocycles. The molecule has 2 N–H and O–H groups in total. The zero-order valence-corrected chi connectivity index (χ0v) is 13.2. The number of benzene rings is 1. The lowest BCUT2D eigenvalue weighted by atomic mass is 10.1. The highest BCUT2D eigenvalue weighted by Gasteiger charge is 2.34. The average molecular weight is 377 g/mol. The molecule has 0 bridgehead atoms. The maximum atomic E-state index is 13.2. The van der Waals surface area contributed by atoms with E-state index in [4.69, 9.17) is 5.73 Å². The van der Waals surface area contributed by atoms with Gasteiger partial charge in [-0.1, -0.05) is 17.8 Å². The Labute approximate surface area is 133 Å². The van der Waals surface area contributed by atoms with Crippen molar-refractivity contribution in [3.8, 4) is 0 Å². The number of rotatable bonds is 4. The third-order valence-electron chi connectivity index (χ3n) is 2.71. The molecule has 0 atom stereocenters. The minimum atomic E-state index is -4.41. The molecular formula is C14H12BrF3N2S. The lowest BCUT2D eigenvalue weighted by Gasteiger charge is -2.14. The molecule has 0 unspecified atom stereocenters. The smallest absolute Gasteiger partial charge is 0.330 e. The minimum Gasteiger partial charge on any atom is -0.330 e. The van der Waals surface area contributed by atoms with E-state index in [-0.39, 0.29) is 4.90 Å². The Kier molecular flexibility index (Phi) is 5.29. The summed E-state index contributed by atoms with van der Waals surface area (Å²) in [5.41, 5.74) is 5.32. The fraction of sp³-hybridized carbons (Fsp3) is 0.214. The molecule has 0 spiro atoms. The van der Waals surface area contributed by atoms with Crippen LogP contribution in [0.25, 0.3) is 0 Å². The van der Waals surface area contributed by atoms with Crippen LogP contribution in [0.5, 0.6) is 0 Å². The summed E-state index contributed by atoms with van der Waals surface area (Å²) in [6.07, 6.45) is -2.45. The Morgan fingerprint density at radius 1 is 1.24 bits per heavy atom. The van der Waals surface area contributed by atoms with Gasteiger partial charge in [0.2, 0.25) is 0 Å². The molecule has 0 fully saturated rings. The van der Waals surface area contributed by atoms with Gasteiger partial charge in [0.1, 0.15) is 5.03 Å². The third kappa shape index (κ3) is 4.21. The van der Waals surface area contributed by atoms with Gasteiger partial charge in [-0.05, 0) is 58.7 Å². The predicted octanol–water partition coefficient (Wildman–Crippen LogP) is 4.52. The summed E-state index contributed by atoms with van der Waals surface area (Å²) >= 11 is 4.27. The van der Waals surface area contributed by atoms with Gasteiger partial charge in [0.05, 0.1) is 10.0 Å². The number of aromatic nitrogens is 1. The van der Waals surface area contributed by atoms with E-state index in [1.54, 1.807) is 24.4 Å². The molecule has 1 heterocycles. The fourth-order valence-electron chi connectivity index (χ4n) is 1.76. The van der Waals surface area contributed by atoms with Crippen molar-refractivity contribution in [2.45, 2.75) is 22.5 Å². The van der Waals surface area contributed by atoms with Crippen molar-refractivity contribution in [1.82, 2.24) is 4.98 Å². The van der Waals surface area contributed by atoms with E-state index in [0.717, 1.165) is 17.8 Å². The van der Waals surface area contributed by atoms with Gasteiger partial charge in [-0.3, -0.25) is 0 Å². The van der Waals surface area contributed by atoms with Gasteiger partial charge in [-0.25, -0.2) is 4.98 Å². The van der Waals surface area contributed by atoms with Crippen LogP contribution in [-0.2, 0) is 12.6 Å². The molecule has 0 aliphatic rings. The molecule has 0 radical (unpaired) electrons. The number of halogens is 4. The van der Waals surface area contributed by atoms with Crippen molar-refractivity contribution in [3.05, 3.63) is 52.1 Å². The standard InChI is InChI=1S/C14H12BrF3N2S/c15-11-2-1-7-20-13(11)21-12-4-3-9(5-6-19)8-10(12)14(16,17)18/h1-4,7-8H,5-6,19H2. The van der Waals surface area contributed by atoms with Crippen molar-refractivity contribution in [3.63, 3.8) is 0 Å². The number of hydrogen-bond acceptors (Lipinski definition) is 3. The molecule has 0 saturated heterocycles. The highest BCUT2D eigenvalue weighted by atomic mass is 79.9. The zero-order chi connectivity index (χ0) is 15.5. The fourth-order valence-corrected chi connectivity index (χ4v) is 3.17. The second kappa shape index (κ2) is 6.81. The van der Waals surface area contributed by atoms with Crippen LogP contribution in [0.4, 0.5) is 13.2 Å². The largest absolute Gasteiger partial charge is 0.417 e. The van der Waals surface area contributed by atoms with Crippen molar-refractivity contribution in [2.75, 3.05) is 6.54 Å². The van der Waals surface area contributed by atoms with Crippen LogP contribution >= 0.6 is 27.7 Å². The van der Waals surface area contributed by atoms with Gasteiger partial charge in [-0.15, -0.1) is 0 Å². The Hall–Kier alpha value is -1.05. The number of hydrogen-bond donors (Lipinski definition) is 1. The number of nitrogens with two attached hydrogens (primary N) is 1. The molecule has 0 saturated carbocycles. The molecule has 1 aromatic carbocycles. The van der Waals surface area contributed by atoms with Gasteiger partial charge in [0, 0.05) is 11.1 Å². The first-order valence-electron chi connectivity index (χ1n) is 6.10. The summed E-state index contributed by atoms with van der Waals surface area (Å²) in [5, 5.41) is 0.495. The van der Waals surface area contributed by atoms with Crippen LogP contribution in [0, 0.1) is 0 Å². The monoisotopic (exact) mass is 376 g/mol. The molecule has 7 heteroatoms. The molecule has 2 aromatic rings. The van der Waals surface area contributed by atoms with Crippen molar-refractivity contribution >= 4 is 27.7 Å². The number of pyridine rings is 1. The minimum absolute atomic E-state index is 0.127. The summed E-state index contributed by atoms with van der Waals surface area (Å²) < 4.78 is 40.2. The van der Waals surface area contributed by atoms with Crippen molar-refractivity contribution in [2.24, 2.45) is 5.73 Å². The van der Waals surface area contributed by atoms with Crippen molar-refractivity contribution in [1.29, 1.82) is 0 Å². The van der Waals surface area contributed by atoms with Crippen LogP contribution in [-0.4, -0.2) is 11.5 Å². The Balaban J connectivity index is 2.41. The summed E-state index contributed by atoms with van der Waals surface area (Å²) in [6.45, 7) is 0.315. The van der Waals surface area contributed by atoms with Gasteiger partial charge >= 0.3 is 6.18 Å². The zero-order valence-electron chi connectivity index (χ0n) is 10.8. The van der Waals surface area contributed by atoms with E-state index in [1.165, 1.54) is 6.07 Å². The van der Waals surface area contributed by atoms with E-state index < -0.39 is 11.7 Å². The Morgan fingerprint density at radius 2 is 2.00 bits per heavy atom. The summed E-state index contributed by atoms with van der Waals surface area (Å²) in [7, 11) is 0. The van der Waals surface area contributed by atoms with Gasteiger partial charge < -0.3 is 5.73 Å². The van der Waals surface area contributed by atoms with Crippen LogP contribution in [0.3, 0.4) is 0 Å². The SMILES string of the molecule is NCCc1ccc(Sc2ncccc2Br)c(C(F)(F)F)c1. The Bertz CT molecular complexity index is 632. The van der Waals surface area contributed by atoms with E-state index in [1.807, 2.05) is 0 Å². The Morgan fingerprint density at radius 3 is 2.62 bits per heavy atom. The van der Waals surface area contributed by atoms with Crippen LogP contribution in [0.15, 0.2) is 50.9 Å². The molecule has 0 aliphatic heterocycles. The molecule has 21 heavy (non-hydrogen) atoms.